The summed E-state index contributed by atoms with van der Waals surface area (Å²) in [5, 5.41) is 13.9. The molecule has 9 nitrogen and oxygen atoms in total. The standard InChI is InChI=1S/C30H36ClN3O6/c1-17(2)38-25-13-10-19(16-23(25)31)28-32-27(33-40-28)21-11-12-22-20(18(21)3)14-15-34(29(37)39-30(4,5)6)24(22)8-7-9-26(35)36/h10-13,16-17,24H,7-9,14-15H2,1-6H3,(H,35,36). The van der Waals surface area contributed by atoms with Crippen LogP contribution in [0.5, 0.6) is 5.75 Å². The van der Waals surface area contributed by atoms with Crippen LogP contribution < -0.4 is 4.74 Å². The van der Waals surface area contributed by atoms with Crippen LogP contribution in [0.15, 0.2) is 34.9 Å². The lowest BCUT2D eigenvalue weighted by atomic mass is 9.85. The van der Waals surface area contributed by atoms with Crippen LogP contribution in [0.2, 0.25) is 5.02 Å². The first kappa shape index (κ1) is 29.4. The maximum Gasteiger partial charge on any atom is 0.410 e. The van der Waals surface area contributed by atoms with Gasteiger partial charge in [-0.1, -0.05) is 28.9 Å². The van der Waals surface area contributed by atoms with Crippen molar-refractivity contribution in [3.8, 4) is 28.6 Å². The third kappa shape index (κ3) is 6.75. The van der Waals surface area contributed by atoms with Gasteiger partial charge in [0.1, 0.15) is 11.4 Å². The predicted molar refractivity (Wildman–Crippen MR) is 152 cm³/mol. The van der Waals surface area contributed by atoms with Crippen LogP contribution in [0.1, 0.15) is 76.6 Å². The monoisotopic (exact) mass is 569 g/mol. The molecule has 10 heteroatoms. The zero-order valence-electron chi connectivity index (χ0n) is 23.8. The molecule has 2 heterocycles. The summed E-state index contributed by atoms with van der Waals surface area (Å²) in [6.07, 6.45) is 1.22. The zero-order chi connectivity index (χ0) is 29.2. The van der Waals surface area contributed by atoms with E-state index in [2.05, 4.69) is 10.1 Å². The molecule has 2 aromatic carbocycles. The van der Waals surface area contributed by atoms with Gasteiger partial charge in [-0.3, -0.25) is 4.79 Å². The van der Waals surface area contributed by atoms with Crippen LogP contribution in [0.4, 0.5) is 4.79 Å². The molecule has 0 fully saturated rings. The van der Waals surface area contributed by atoms with Crippen LogP contribution >= 0.6 is 11.6 Å². The van der Waals surface area contributed by atoms with Gasteiger partial charge >= 0.3 is 12.1 Å². The number of carbonyl (C=O) groups excluding carboxylic acids is 1. The third-order valence-electron chi connectivity index (χ3n) is 6.68. The second kappa shape index (κ2) is 11.9. The van der Waals surface area contributed by atoms with Gasteiger partial charge in [-0.25, -0.2) is 4.79 Å². The van der Waals surface area contributed by atoms with Crippen molar-refractivity contribution in [2.45, 2.75) is 85.0 Å². The molecular weight excluding hydrogens is 534 g/mol. The number of ether oxygens (including phenoxy) is 2. The molecule has 0 radical (unpaired) electrons. The fourth-order valence-electron chi connectivity index (χ4n) is 4.95. The predicted octanol–water partition coefficient (Wildman–Crippen LogP) is 7.24. The van der Waals surface area contributed by atoms with E-state index in [9.17, 15) is 14.7 Å². The summed E-state index contributed by atoms with van der Waals surface area (Å²) < 4.78 is 17.0. The highest BCUT2D eigenvalue weighted by Gasteiger charge is 2.35. The molecule has 1 unspecified atom stereocenters. The molecule has 0 saturated carbocycles. The van der Waals surface area contributed by atoms with E-state index in [1.165, 1.54) is 0 Å². The molecule has 1 aliphatic heterocycles. The number of carboxylic acids is 1. The quantitative estimate of drug-likeness (QED) is 0.302. The Labute approximate surface area is 239 Å². The molecule has 0 saturated heterocycles. The van der Waals surface area contributed by atoms with Crippen LogP contribution in [-0.4, -0.2) is 50.5 Å². The Balaban J connectivity index is 1.63. The number of amides is 1. The first-order chi connectivity index (χ1) is 18.8. The Morgan fingerprint density at radius 3 is 2.62 bits per heavy atom. The van der Waals surface area contributed by atoms with E-state index in [0.717, 1.165) is 22.3 Å². The van der Waals surface area contributed by atoms with Crippen LogP contribution in [-0.2, 0) is 16.0 Å². The molecule has 0 bridgehead atoms. The van der Waals surface area contributed by atoms with E-state index >= 15 is 0 Å². The molecule has 1 amide bonds. The molecule has 40 heavy (non-hydrogen) atoms. The number of halogens is 1. The van der Waals surface area contributed by atoms with E-state index in [0.29, 0.717) is 53.9 Å². The highest BCUT2D eigenvalue weighted by Crippen LogP contribution is 2.39. The average Bonchev–Trinajstić information content (AvgIpc) is 3.34. The van der Waals surface area contributed by atoms with Crippen LogP contribution in [0.25, 0.3) is 22.8 Å². The van der Waals surface area contributed by atoms with E-state index in [4.69, 9.17) is 25.6 Å². The Morgan fingerprint density at radius 2 is 1.98 bits per heavy atom. The number of carboxylic acid groups (broad SMARTS) is 1. The summed E-state index contributed by atoms with van der Waals surface area (Å²) in [5.41, 5.74) is 3.96. The molecule has 1 aromatic heterocycles. The lowest BCUT2D eigenvalue weighted by molar-refractivity contribution is -0.137. The minimum Gasteiger partial charge on any atom is -0.489 e. The van der Waals surface area contributed by atoms with Gasteiger partial charge in [0.05, 0.1) is 17.2 Å². The SMILES string of the molecule is Cc1c(-c2noc(-c3ccc(OC(C)C)c(Cl)c3)n2)ccc2c1CCN(C(=O)OC(C)(C)C)C2CCCC(=O)O. The van der Waals surface area contributed by atoms with Crippen LogP contribution in [0, 0.1) is 6.92 Å². The minimum atomic E-state index is -0.859. The van der Waals surface area contributed by atoms with Crippen molar-refractivity contribution in [1.29, 1.82) is 0 Å². The van der Waals surface area contributed by atoms with Crippen molar-refractivity contribution < 1.29 is 28.7 Å². The minimum absolute atomic E-state index is 0.00155. The fourth-order valence-corrected chi connectivity index (χ4v) is 5.18. The highest BCUT2D eigenvalue weighted by molar-refractivity contribution is 6.32. The van der Waals surface area contributed by atoms with Gasteiger partial charge in [-0.2, -0.15) is 4.98 Å². The molecule has 214 valence electrons. The molecule has 0 aliphatic carbocycles. The van der Waals surface area contributed by atoms with Gasteiger partial charge in [0.2, 0.25) is 5.82 Å². The average molecular weight is 570 g/mol. The first-order valence-electron chi connectivity index (χ1n) is 13.5. The van der Waals surface area contributed by atoms with Crippen molar-refractivity contribution in [3.05, 3.63) is 52.0 Å². The summed E-state index contributed by atoms with van der Waals surface area (Å²) in [7, 11) is 0. The maximum atomic E-state index is 13.1. The number of hydrogen-bond donors (Lipinski definition) is 1. The third-order valence-corrected chi connectivity index (χ3v) is 6.97. The first-order valence-corrected chi connectivity index (χ1v) is 13.9. The second-order valence-corrected chi connectivity index (χ2v) is 11.7. The van der Waals surface area contributed by atoms with Gasteiger partial charge in [0, 0.05) is 24.1 Å². The van der Waals surface area contributed by atoms with E-state index in [1.54, 1.807) is 17.0 Å². The van der Waals surface area contributed by atoms with Crippen molar-refractivity contribution in [1.82, 2.24) is 15.0 Å². The van der Waals surface area contributed by atoms with Crippen molar-refractivity contribution in [3.63, 3.8) is 0 Å². The van der Waals surface area contributed by atoms with E-state index in [1.807, 2.05) is 59.7 Å². The summed E-state index contributed by atoms with van der Waals surface area (Å²) in [6.45, 7) is 11.8. The van der Waals surface area contributed by atoms with Gasteiger partial charge in [-0.15, -0.1) is 0 Å². The second-order valence-electron chi connectivity index (χ2n) is 11.3. The molecule has 1 aliphatic rings. The van der Waals surface area contributed by atoms with Crippen molar-refractivity contribution in [2.24, 2.45) is 0 Å². The molecule has 1 atom stereocenters. The van der Waals surface area contributed by atoms with Crippen LogP contribution in [0.3, 0.4) is 0 Å². The lowest BCUT2D eigenvalue weighted by Crippen LogP contribution is -2.43. The van der Waals surface area contributed by atoms with Crippen molar-refractivity contribution >= 4 is 23.7 Å². The Kier molecular flexibility index (Phi) is 8.73. The number of rotatable bonds is 8. The normalized spacial score (nSPS) is 15.2. The highest BCUT2D eigenvalue weighted by atomic mass is 35.5. The topological polar surface area (TPSA) is 115 Å². The lowest BCUT2D eigenvalue weighted by Gasteiger charge is -2.39. The summed E-state index contributed by atoms with van der Waals surface area (Å²) >= 11 is 6.40. The molecule has 1 N–H and O–H groups in total. The number of aromatic nitrogens is 2. The Morgan fingerprint density at radius 1 is 1.23 bits per heavy atom. The number of nitrogens with zero attached hydrogens (tertiary/aromatic N) is 3. The van der Waals surface area contributed by atoms with Gasteiger partial charge in [0.15, 0.2) is 0 Å². The smallest absolute Gasteiger partial charge is 0.410 e. The molecule has 4 rings (SSSR count). The van der Waals surface area contributed by atoms with E-state index < -0.39 is 17.7 Å². The van der Waals surface area contributed by atoms with Gasteiger partial charge in [-0.05, 0) is 95.7 Å². The van der Waals surface area contributed by atoms with Gasteiger partial charge < -0.3 is 24.0 Å². The molecule has 3 aromatic rings. The Hall–Kier alpha value is -3.59. The number of carbonyl (C=O) groups is 2. The largest absolute Gasteiger partial charge is 0.489 e. The van der Waals surface area contributed by atoms with Crippen molar-refractivity contribution in [2.75, 3.05) is 6.54 Å². The zero-order valence-corrected chi connectivity index (χ0v) is 24.5. The fraction of sp³-hybridized carbons (Fsp3) is 0.467. The summed E-state index contributed by atoms with van der Waals surface area (Å²) in [4.78, 5) is 30.6. The molecular formula is C30H36ClN3O6. The number of aliphatic carboxylic acids is 1. The van der Waals surface area contributed by atoms with Gasteiger partial charge in [0.25, 0.3) is 5.89 Å². The molecule has 0 spiro atoms. The maximum absolute atomic E-state index is 13.1. The summed E-state index contributed by atoms with van der Waals surface area (Å²) in [6, 6.07) is 8.96. The number of fused-ring (bicyclic) bond motifs is 1. The Bertz CT molecular complexity index is 1390. The number of benzene rings is 2. The van der Waals surface area contributed by atoms with E-state index in [-0.39, 0.29) is 18.6 Å². The summed E-state index contributed by atoms with van der Waals surface area (Å²) in [5.74, 6) is 0.519. The number of hydrogen-bond acceptors (Lipinski definition) is 7.